The SMILES string of the molecule is CC(C)SCCCC(=O)NCCN1C(=O)C=CC1=O.COS(=O)(=O)C(CCSC(C)C)C(=O)NCCN1C(=O)C=CC1=O. The van der Waals surface area contributed by atoms with Crippen molar-refractivity contribution in [3.63, 3.8) is 0 Å². The second-order valence-corrected chi connectivity index (χ2v) is 15.1. The summed E-state index contributed by atoms with van der Waals surface area (Å²) in [6.07, 6.45) is 6.23. The fraction of sp³-hybridized carbons (Fsp3) is 0.630. The lowest BCUT2D eigenvalue weighted by Crippen LogP contribution is -2.44. The van der Waals surface area contributed by atoms with E-state index in [1.54, 1.807) is 11.8 Å². The molecular formula is C27H42N4O9S3. The van der Waals surface area contributed by atoms with Gasteiger partial charge in [-0.25, -0.2) is 0 Å². The van der Waals surface area contributed by atoms with E-state index in [2.05, 4.69) is 28.7 Å². The zero-order chi connectivity index (χ0) is 32.6. The van der Waals surface area contributed by atoms with Crippen molar-refractivity contribution in [1.82, 2.24) is 20.4 Å². The Morgan fingerprint density at radius 1 is 0.791 bits per heavy atom. The molecule has 6 amide bonds. The quantitative estimate of drug-likeness (QED) is 0.121. The average molecular weight is 663 g/mol. The van der Waals surface area contributed by atoms with Crippen molar-refractivity contribution in [1.29, 1.82) is 0 Å². The highest BCUT2D eigenvalue weighted by atomic mass is 32.2. The molecule has 2 N–H and O–H groups in total. The highest BCUT2D eigenvalue weighted by molar-refractivity contribution is 8.00. The van der Waals surface area contributed by atoms with Crippen molar-refractivity contribution in [2.75, 3.05) is 44.8 Å². The van der Waals surface area contributed by atoms with Gasteiger partial charge < -0.3 is 10.6 Å². The Morgan fingerprint density at radius 2 is 1.23 bits per heavy atom. The molecule has 2 heterocycles. The molecule has 1 atom stereocenters. The molecular weight excluding hydrogens is 621 g/mol. The number of nitrogens with zero attached hydrogens (tertiary/aromatic N) is 2. The molecule has 0 aromatic carbocycles. The molecule has 16 heteroatoms. The van der Waals surface area contributed by atoms with E-state index in [4.69, 9.17) is 0 Å². The lowest BCUT2D eigenvalue weighted by Gasteiger charge is -2.18. The first kappa shape index (κ1) is 38.3. The van der Waals surface area contributed by atoms with Crippen LogP contribution in [0.25, 0.3) is 0 Å². The summed E-state index contributed by atoms with van der Waals surface area (Å²) in [7, 11) is -3.00. The van der Waals surface area contributed by atoms with Crippen molar-refractivity contribution in [3.05, 3.63) is 24.3 Å². The number of imide groups is 2. The molecule has 0 spiro atoms. The zero-order valence-corrected chi connectivity index (χ0v) is 27.6. The van der Waals surface area contributed by atoms with E-state index in [1.807, 2.05) is 25.6 Å². The van der Waals surface area contributed by atoms with Gasteiger partial charge in [-0.1, -0.05) is 27.7 Å². The molecule has 2 aliphatic rings. The summed E-state index contributed by atoms with van der Waals surface area (Å²) in [5.74, 6) is -0.805. The van der Waals surface area contributed by atoms with Crippen LogP contribution in [0.2, 0.25) is 0 Å². The number of thioether (sulfide) groups is 2. The standard InChI is InChI=1S/C14H22N2O6S2.C13H20N2O3S/c1-10(2)23-9-6-11(24(20,21)22-3)14(19)15-7-8-16-12(17)4-5-13(16)18;1-10(2)19-9-3-4-11(16)14-7-8-15-12(17)5-6-13(15)18/h4-5,10-11H,6-9H2,1-3H3,(H,15,19);5-6,10H,3-4,7-9H2,1-2H3,(H,14,16). The van der Waals surface area contributed by atoms with Gasteiger partial charge in [-0.2, -0.15) is 31.9 Å². The molecule has 1 unspecified atom stereocenters. The summed E-state index contributed by atoms with van der Waals surface area (Å²) in [5.41, 5.74) is 0. The van der Waals surface area contributed by atoms with E-state index >= 15 is 0 Å². The molecule has 0 fully saturated rings. The van der Waals surface area contributed by atoms with Crippen molar-refractivity contribution in [2.45, 2.75) is 62.7 Å². The monoisotopic (exact) mass is 662 g/mol. The molecule has 2 aliphatic heterocycles. The minimum absolute atomic E-state index is 0.0170. The van der Waals surface area contributed by atoms with Crippen LogP contribution >= 0.6 is 23.5 Å². The second kappa shape index (κ2) is 19.6. The number of nitrogens with one attached hydrogen (secondary N) is 2. The van der Waals surface area contributed by atoms with Gasteiger partial charge in [-0.05, 0) is 34.8 Å². The van der Waals surface area contributed by atoms with E-state index in [9.17, 15) is 37.2 Å². The summed E-state index contributed by atoms with van der Waals surface area (Å²) in [4.78, 5) is 71.0. The van der Waals surface area contributed by atoms with Gasteiger partial charge in [0.15, 0.2) is 5.25 Å². The first-order chi connectivity index (χ1) is 20.2. The van der Waals surface area contributed by atoms with Crippen molar-refractivity contribution in [3.8, 4) is 0 Å². The summed E-state index contributed by atoms with van der Waals surface area (Å²) in [5, 5.41) is 4.75. The van der Waals surface area contributed by atoms with E-state index in [-0.39, 0.29) is 43.8 Å². The van der Waals surface area contributed by atoms with E-state index in [0.717, 1.165) is 41.2 Å². The average Bonchev–Trinajstić information content (AvgIpc) is 3.43. The zero-order valence-electron chi connectivity index (χ0n) is 25.2. The van der Waals surface area contributed by atoms with Gasteiger partial charge >= 0.3 is 0 Å². The van der Waals surface area contributed by atoms with Crippen LogP contribution in [-0.4, -0.2) is 114 Å². The predicted molar refractivity (Wildman–Crippen MR) is 166 cm³/mol. The molecule has 2 rings (SSSR count). The fourth-order valence-electron chi connectivity index (χ4n) is 3.59. The third kappa shape index (κ3) is 14.6. The molecule has 0 bridgehead atoms. The van der Waals surface area contributed by atoms with Crippen LogP contribution in [0.1, 0.15) is 47.0 Å². The van der Waals surface area contributed by atoms with Crippen molar-refractivity contribution in [2.24, 2.45) is 0 Å². The highest BCUT2D eigenvalue weighted by Crippen LogP contribution is 2.16. The second-order valence-electron chi connectivity index (χ2n) is 9.84. The van der Waals surface area contributed by atoms with Crippen LogP contribution in [0.4, 0.5) is 0 Å². The lowest BCUT2D eigenvalue weighted by molar-refractivity contribution is -0.138. The highest BCUT2D eigenvalue weighted by Gasteiger charge is 2.33. The number of hydrogen-bond donors (Lipinski definition) is 2. The van der Waals surface area contributed by atoms with E-state index < -0.39 is 33.1 Å². The number of carbonyl (C=O) groups is 6. The minimum atomic E-state index is -4.01. The maximum absolute atomic E-state index is 12.2. The summed E-state index contributed by atoms with van der Waals surface area (Å²) >= 11 is 3.37. The van der Waals surface area contributed by atoms with Gasteiger partial charge in [-0.15, -0.1) is 0 Å². The van der Waals surface area contributed by atoms with Crippen LogP contribution in [0.5, 0.6) is 0 Å². The van der Waals surface area contributed by atoms with Gasteiger partial charge in [0.1, 0.15) is 0 Å². The lowest BCUT2D eigenvalue weighted by atomic mass is 10.3. The summed E-state index contributed by atoms with van der Waals surface area (Å²) in [6.45, 7) is 8.71. The van der Waals surface area contributed by atoms with E-state index in [1.165, 1.54) is 12.2 Å². The Hall–Kier alpha value is -2.69. The molecule has 0 saturated heterocycles. The van der Waals surface area contributed by atoms with Crippen molar-refractivity contribution < 1.29 is 41.4 Å². The van der Waals surface area contributed by atoms with Crippen LogP contribution in [0, 0.1) is 0 Å². The number of carbonyl (C=O) groups excluding carboxylic acids is 6. The fourth-order valence-corrected chi connectivity index (χ4v) is 6.35. The summed E-state index contributed by atoms with van der Waals surface area (Å²) in [6, 6.07) is 0. The Morgan fingerprint density at radius 3 is 1.67 bits per heavy atom. The number of amides is 6. The number of rotatable bonds is 18. The largest absolute Gasteiger partial charge is 0.354 e. The molecule has 0 saturated carbocycles. The van der Waals surface area contributed by atoms with Crippen molar-refractivity contribution >= 4 is 69.1 Å². The normalized spacial score (nSPS) is 15.4. The predicted octanol–water partition coefficient (Wildman–Crippen LogP) is 0.854. The molecule has 242 valence electrons. The molecule has 0 aliphatic carbocycles. The van der Waals surface area contributed by atoms with Crippen LogP contribution in [-0.2, 0) is 43.1 Å². The molecule has 13 nitrogen and oxygen atoms in total. The molecule has 0 aromatic rings. The van der Waals surface area contributed by atoms with Gasteiger partial charge in [0.05, 0.1) is 7.11 Å². The van der Waals surface area contributed by atoms with Crippen LogP contribution in [0.15, 0.2) is 24.3 Å². The van der Waals surface area contributed by atoms with Crippen LogP contribution < -0.4 is 10.6 Å². The van der Waals surface area contributed by atoms with E-state index in [0.29, 0.717) is 29.2 Å². The smallest absolute Gasteiger partial charge is 0.279 e. The molecule has 43 heavy (non-hydrogen) atoms. The first-order valence-corrected chi connectivity index (χ1v) is 17.4. The maximum Gasteiger partial charge on any atom is 0.279 e. The molecule has 0 radical (unpaired) electrons. The topological polar surface area (TPSA) is 176 Å². The van der Waals surface area contributed by atoms with Gasteiger partial charge in [0.2, 0.25) is 11.8 Å². The van der Waals surface area contributed by atoms with Gasteiger partial charge in [0.25, 0.3) is 33.7 Å². The third-order valence-corrected chi connectivity index (χ3v) is 9.74. The Kier molecular flexibility index (Phi) is 17.4. The van der Waals surface area contributed by atoms with Gasteiger partial charge in [-0.3, -0.25) is 42.8 Å². The van der Waals surface area contributed by atoms with Crippen LogP contribution in [0.3, 0.4) is 0 Å². The maximum atomic E-state index is 12.2. The minimum Gasteiger partial charge on any atom is -0.354 e. The summed E-state index contributed by atoms with van der Waals surface area (Å²) < 4.78 is 28.3. The number of hydrogen-bond acceptors (Lipinski definition) is 11. The molecule has 0 aromatic heterocycles. The Labute approximate surface area is 262 Å². The Balaban J connectivity index is 0.000000442. The third-order valence-electron chi connectivity index (χ3n) is 5.80. The van der Waals surface area contributed by atoms with Gasteiger partial charge in [0, 0.05) is 56.9 Å². The first-order valence-electron chi connectivity index (χ1n) is 13.8. The Bertz CT molecular complexity index is 1130.